The van der Waals surface area contributed by atoms with Crippen LogP contribution in [0.3, 0.4) is 0 Å². The number of amides is 1. The van der Waals surface area contributed by atoms with Crippen molar-refractivity contribution in [2.75, 3.05) is 11.4 Å². The molecule has 2 aromatic carbocycles. The van der Waals surface area contributed by atoms with Gasteiger partial charge in [-0.3, -0.25) is 4.79 Å². The molecule has 5 heteroatoms. The molecule has 1 atom stereocenters. The van der Waals surface area contributed by atoms with E-state index in [4.69, 9.17) is 0 Å². The number of halogens is 2. The van der Waals surface area contributed by atoms with Crippen LogP contribution in [0.1, 0.15) is 50.2 Å². The SMILES string of the molecule is CCN1C(=O)C(c2ccc(O)cc2)(C2CCCCC2)c2ccc(F)c(F)c21. The second kappa shape index (κ2) is 6.63. The van der Waals surface area contributed by atoms with Gasteiger partial charge in [-0.15, -0.1) is 0 Å². The average Bonchev–Trinajstić information content (AvgIpc) is 2.95. The Labute approximate surface area is 157 Å². The first kappa shape index (κ1) is 18.0. The summed E-state index contributed by atoms with van der Waals surface area (Å²) in [5, 5.41) is 9.73. The van der Waals surface area contributed by atoms with Crippen LogP contribution in [-0.4, -0.2) is 17.6 Å². The molecule has 0 aromatic heterocycles. The number of hydrogen-bond acceptors (Lipinski definition) is 2. The minimum atomic E-state index is -1.03. The zero-order chi connectivity index (χ0) is 19.2. The van der Waals surface area contributed by atoms with E-state index in [9.17, 15) is 18.7 Å². The topological polar surface area (TPSA) is 40.5 Å². The normalized spacial score (nSPS) is 22.9. The van der Waals surface area contributed by atoms with Gasteiger partial charge in [0, 0.05) is 6.54 Å². The third-order valence-electron chi connectivity index (χ3n) is 6.20. The van der Waals surface area contributed by atoms with Crippen molar-refractivity contribution in [1.29, 1.82) is 0 Å². The van der Waals surface area contributed by atoms with Crippen LogP contribution in [0.25, 0.3) is 0 Å². The Morgan fingerprint density at radius 3 is 2.37 bits per heavy atom. The summed E-state index contributed by atoms with van der Waals surface area (Å²) >= 11 is 0. The molecule has 142 valence electrons. The van der Waals surface area contributed by atoms with Crippen molar-refractivity contribution >= 4 is 11.6 Å². The van der Waals surface area contributed by atoms with E-state index >= 15 is 0 Å². The molecule has 0 bridgehead atoms. The van der Waals surface area contributed by atoms with Crippen LogP contribution >= 0.6 is 0 Å². The molecule has 0 saturated heterocycles. The van der Waals surface area contributed by atoms with Crippen molar-refractivity contribution in [3.8, 4) is 5.75 Å². The molecule has 1 saturated carbocycles. The molecular formula is C22H23F2NO2. The smallest absolute Gasteiger partial charge is 0.242 e. The summed E-state index contributed by atoms with van der Waals surface area (Å²) in [6.07, 6.45) is 4.88. The Hall–Kier alpha value is -2.43. The number of benzene rings is 2. The van der Waals surface area contributed by atoms with E-state index in [1.54, 1.807) is 37.3 Å². The molecule has 1 aliphatic heterocycles. The van der Waals surface area contributed by atoms with Crippen LogP contribution in [-0.2, 0) is 10.2 Å². The number of carbonyl (C=O) groups excluding carboxylic acids is 1. The Morgan fingerprint density at radius 2 is 1.74 bits per heavy atom. The van der Waals surface area contributed by atoms with E-state index in [1.165, 1.54) is 4.90 Å². The number of carbonyl (C=O) groups is 1. The summed E-state index contributed by atoms with van der Waals surface area (Å²) in [4.78, 5) is 15.1. The fourth-order valence-electron chi connectivity index (χ4n) is 5.02. The Morgan fingerprint density at radius 1 is 1.07 bits per heavy atom. The maximum atomic E-state index is 14.8. The lowest BCUT2D eigenvalue weighted by molar-refractivity contribution is -0.123. The highest BCUT2D eigenvalue weighted by Gasteiger charge is 2.57. The van der Waals surface area contributed by atoms with Gasteiger partial charge in [0.15, 0.2) is 11.6 Å². The van der Waals surface area contributed by atoms with E-state index in [-0.39, 0.29) is 29.8 Å². The first-order valence-corrected chi connectivity index (χ1v) is 9.61. The number of phenolic OH excluding ortho intramolecular Hbond substituents is 1. The Bertz CT molecular complexity index is 875. The van der Waals surface area contributed by atoms with Crippen molar-refractivity contribution in [3.05, 3.63) is 59.2 Å². The highest BCUT2D eigenvalue weighted by molar-refractivity contribution is 6.11. The lowest BCUT2D eigenvalue weighted by atomic mass is 9.62. The molecule has 1 aliphatic carbocycles. The lowest BCUT2D eigenvalue weighted by Crippen LogP contribution is -2.47. The number of hydrogen-bond donors (Lipinski definition) is 1. The number of anilines is 1. The van der Waals surface area contributed by atoms with Gasteiger partial charge in [-0.1, -0.05) is 37.5 Å². The molecule has 1 N–H and O–H groups in total. The fraction of sp³-hybridized carbons (Fsp3) is 0.409. The van der Waals surface area contributed by atoms with Crippen molar-refractivity contribution in [2.45, 2.75) is 44.4 Å². The summed E-state index contributed by atoms with van der Waals surface area (Å²) in [6, 6.07) is 9.29. The molecule has 0 radical (unpaired) electrons. The molecule has 2 aliphatic rings. The molecule has 27 heavy (non-hydrogen) atoms. The second-order valence-corrected chi connectivity index (χ2v) is 7.50. The number of fused-ring (bicyclic) bond motifs is 1. The van der Waals surface area contributed by atoms with Gasteiger partial charge < -0.3 is 10.0 Å². The summed E-state index contributed by atoms with van der Waals surface area (Å²) in [6.45, 7) is 2.05. The predicted octanol–water partition coefficient (Wildman–Crippen LogP) is 4.90. The van der Waals surface area contributed by atoms with E-state index in [1.807, 2.05) is 0 Å². The standard InChI is InChI=1S/C22H23F2NO2/c1-2-25-20-17(12-13-18(23)19(20)24)22(21(25)27,14-6-4-3-5-7-14)15-8-10-16(26)11-9-15/h8-14,26H,2-7H2,1H3. The van der Waals surface area contributed by atoms with Gasteiger partial charge in [0.05, 0.1) is 5.69 Å². The lowest BCUT2D eigenvalue weighted by Gasteiger charge is -2.39. The number of phenols is 1. The van der Waals surface area contributed by atoms with Gasteiger partial charge in [0.2, 0.25) is 5.91 Å². The third-order valence-corrected chi connectivity index (χ3v) is 6.20. The van der Waals surface area contributed by atoms with Crippen LogP contribution in [0, 0.1) is 17.6 Å². The molecule has 1 fully saturated rings. The highest BCUT2D eigenvalue weighted by atomic mass is 19.2. The van der Waals surface area contributed by atoms with Crippen molar-refractivity contribution < 1.29 is 18.7 Å². The fourth-order valence-corrected chi connectivity index (χ4v) is 5.02. The summed E-state index contributed by atoms with van der Waals surface area (Å²) in [7, 11) is 0. The van der Waals surface area contributed by atoms with Crippen LogP contribution in [0.4, 0.5) is 14.5 Å². The van der Waals surface area contributed by atoms with Gasteiger partial charge in [-0.05, 0) is 55.0 Å². The minimum absolute atomic E-state index is 0.0171. The summed E-state index contributed by atoms with van der Waals surface area (Å²) in [5.74, 6) is -1.96. The van der Waals surface area contributed by atoms with Gasteiger partial charge in [0.25, 0.3) is 0 Å². The molecule has 1 amide bonds. The second-order valence-electron chi connectivity index (χ2n) is 7.50. The monoisotopic (exact) mass is 371 g/mol. The summed E-state index contributed by atoms with van der Waals surface area (Å²) in [5.41, 5.74) is 0.320. The molecule has 1 unspecified atom stereocenters. The first-order chi connectivity index (χ1) is 13.0. The van der Waals surface area contributed by atoms with Gasteiger partial charge in [-0.2, -0.15) is 0 Å². The molecule has 4 rings (SSSR count). The quantitative estimate of drug-likeness (QED) is 0.833. The zero-order valence-corrected chi connectivity index (χ0v) is 15.3. The molecule has 3 nitrogen and oxygen atoms in total. The number of aromatic hydroxyl groups is 1. The third kappa shape index (κ3) is 2.47. The largest absolute Gasteiger partial charge is 0.508 e. The Balaban J connectivity index is 2.03. The van der Waals surface area contributed by atoms with E-state index in [2.05, 4.69) is 0 Å². The molecule has 2 aromatic rings. The van der Waals surface area contributed by atoms with Crippen molar-refractivity contribution in [1.82, 2.24) is 0 Å². The molecular weight excluding hydrogens is 348 g/mol. The molecule has 1 heterocycles. The maximum Gasteiger partial charge on any atom is 0.242 e. The van der Waals surface area contributed by atoms with Gasteiger partial charge in [-0.25, -0.2) is 8.78 Å². The van der Waals surface area contributed by atoms with E-state index < -0.39 is 17.0 Å². The van der Waals surface area contributed by atoms with Crippen LogP contribution < -0.4 is 4.90 Å². The van der Waals surface area contributed by atoms with Crippen LogP contribution in [0.2, 0.25) is 0 Å². The van der Waals surface area contributed by atoms with Crippen LogP contribution in [0.15, 0.2) is 36.4 Å². The highest BCUT2D eigenvalue weighted by Crippen LogP contribution is 2.55. The summed E-state index contributed by atoms with van der Waals surface area (Å²) < 4.78 is 28.8. The van der Waals surface area contributed by atoms with Crippen molar-refractivity contribution in [3.63, 3.8) is 0 Å². The zero-order valence-electron chi connectivity index (χ0n) is 15.3. The minimum Gasteiger partial charge on any atom is -0.508 e. The number of nitrogens with zero attached hydrogens (tertiary/aromatic N) is 1. The Kier molecular flexibility index (Phi) is 4.41. The number of likely N-dealkylation sites (N-methyl/N-ethyl adjacent to an activating group) is 1. The maximum absolute atomic E-state index is 14.8. The average molecular weight is 371 g/mol. The number of rotatable bonds is 3. The van der Waals surface area contributed by atoms with E-state index in [0.717, 1.165) is 43.7 Å². The predicted molar refractivity (Wildman–Crippen MR) is 99.8 cm³/mol. The van der Waals surface area contributed by atoms with Crippen LogP contribution in [0.5, 0.6) is 5.75 Å². The van der Waals surface area contributed by atoms with E-state index in [0.29, 0.717) is 5.56 Å². The van der Waals surface area contributed by atoms with Gasteiger partial charge >= 0.3 is 0 Å². The van der Waals surface area contributed by atoms with Gasteiger partial charge in [0.1, 0.15) is 11.2 Å². The molecule has 0 spiro atoms. The first-order valence-electron chi connectivity index (χ1n) is 9.61. The van der Waals surface area contributed by atoms with Crippen molar-refractivity contribution in [2.24, 2.45) is 5.92 Å².